The van der Waals surface area contributed by atoms with Crippen molar-refractivity contribution < 1.29 is 27.5 Å². The van der Waals surface area contributed by atoms with Crippen molar-refractivity contribution in [3.8, 4) is 0 Å². The molecule has 2 amide bonds. The summed E-state index contributed by atoms with van der Waals surface area (Å²) >= 11 is 0. The van der Waals surface area contributed by atoms with Gasteiger partial charge in [0, 0.05) is 17.8 Å². The Balaban J connectivity index is 1.88. The van der Waals surface area contributed by atoms with E-state index in [1.165, 1.54) is 24.3 Å². The van der Waals surface area contributed by atoms with Crippen LogP contribution in [0.4, 0.5) is 18.9 Å². The maximum Gasteiger partial charge on any atom is 0.405 e. The third-order valence-corrected chi connectivity index (χ3v) is 3.10. The number of carbonyl (C=O) groups is 2. The summed E-state index contributed by atoms with van der Waals surface area (Å²) in [6.07, 6.45) is -4.46. The molecule has 1 atom stereocenters. The molecule has 6 nitrogen and oxygen atoms in total. The predicted octanol–water partition coefficient (Wildman–Crippen LogP) is 0.906. The molecule has 1 saturated heterocycles. The van der Waals surface area contributed by atoms with Crippen LogP contribution in [0.3, 0.4) is 0 Å². The number of amides is 2. The van der Waals surface area contributed by atoms with Gasteiger partial charge in [-0.3, -0.25) is 9.59 Å². The molecule has 1 aliphatic rings. The first-order valence-corrected chi connectivity index (χ1v) is 6.92. The molecule has 126 valence electrons. The quantitative estimate of drug-likeness (QED) is 0.766. The second-order valence-corrected chi connectivity index (χ2v) is 4.95. The summed E-state index contributed by atoms with van der Waals surface area (Å²) in [6.45, 7) is 0.00332. The third kappa shape index (κ3) is 5.53. The van der Waals surface area contributed by atoms with Crippen molar-refractivity contribution in [1.82, 2.24) is 10.6 Å². The van der Waals surface area contributed by atoms with Crippen molar-refractivity contribution in [2.75, 3.05) is 31.6 Å². The lowest BCUT2D eigenvalue weighted by Crippen LogP contribution is -2.48. The van der Waals surface area contributed by atoms with Crippen LogP contribution in [-0.2, 0) is 9.53 Å². The second-order valence-electron chi connectivity index (χ2n) is 4.95. The van der Waals surface area contributed by atoms with Gasteiger partial charge in [0.05, 0.1) is 13.2 Å². The Bertz CT molecular complexity index is 555. The third-order valence-electron chi connectivity index (χ3n) is 3.10. The van der Waals surface area contributed by atoms with E-state index >= 15 is 0 Å². The number of anilines is 1. The summed E-state index contributed by atoms with van der Waals surface area (Å²) in [7, 11) is 0. The average molecular weight is 331 g/mol. The Morgan fingerprint density at radius 2 is 1.96 bits per heavy atom. The van der Waals surface area contributed by atoms with Gasteiger partial charge in [0.15, 0.2) is 0 Å². The van der Waals surface area contributed by atoms with E-state index in [4.69, 9.17) is 4.74 Å². The van der Waals surface area contributed by atoms with Crippen LogP contribution >= 0.6 is 0 Å². The minimum atomic E-state index is -4.46. The molecule has 1 unspecified atom stereocenters. The summed E-state index contributed by atoms with van der Waals surface area (Å²) in [6, 6.07) is 5.12. The number of morpholine rings is 1. The van der Waals surface area contributed by atoms with Crippen LogP contribution < -0.4 is 16.0 Å². The number of rotatable bonds is 4. The largest absolute Gasteiger partial charge is 0.405 e. The SMILES string of the molecule is O=C(NCC(F)(F)F)c1ccc(NC(=O)C2COCCN2)cc1. The van der Waals surface area contributed by atoms with E-state index in [0.717, 1.165) is 0 Å². The van der Waals surface area contributed by atoms with Gasteiger partial charge in [-0.05, 0) is 24.3 Å². The maximum atomic E-state index is 12.0. The standard InChI is InChI=1S/C14H16F3N3O3/c15-14(16,17)8-19-12(21)9-1-3-10(4-2-9)20-13(22)11-7-23-6-5-18-11/h1-4,11,18H,5-8H2,(H,19,21)(H,20,22). The number of ether oxygens (including phenoxy) is 1. The monoisotopic (exact) mass is 331 g/mol. The fraction of sp³-hybridized carbons (Fsp3) is 0.429. The lowest BCUT2D eigenvalue weighted by atomic mass is 10.2. The predicted molar refractivity (Wildman–Crippen MR) is 76.1 cm³/mol. The molecule has 3 N–H and O–H groups in total. The highest BCUT2D eigenvalue weighted by Gasteiger charge is 2.28. The van der Waals surface area contributed by atoms with Gasteiger partial charge in [0.25, 0.3) is 5.91 Å². The first-order valence-electron chi connectivity index (χ1n) is 6.92. The number of carbonyl (C=O) groups excluding carboxylic acids is 2. The van der Waals surface area contributed by atoms with E-state index in [0.29, 0.717) is 18.8 Å². The van der Waals surface area contributed by atoms with Gasteiger partial charge in [0.1, 0.15) is 12.6 Å². The second kappa shape index (κ2) is 7.42. The topological polar surface area (TPSA) is 79.5 Å². The molecule has 0 spiro atoms. The Kier molecular flexibility index (Phi) is 5.56. The Morgan fingerprint density at radius 1 is 1.26 bits per heavy atom. The molecule has 9 heteroatoms. The summed E-state index contributed by atoms with van der Waals surface area (Å²) in [5.41, 5.74) is 0.515. The molecular weight excluding hydrogens is 315 g/mol. The highest BCUT2D eigenvalue weighted by Crippen LogP contribution is 2.14. The fourth-order valence-corrected chi connectivity index (χ4v) is 1.95. The first-order chi connectivity index (χ1) is 10.8. The van der Waals surface area contributed by atoms with Crippen molar-refractivity contribution in [2.45, 2.75) is 12.2 Å². The number of benzene rings is 1. The zero-order valence-corrected chi connectivity index (χ0v) is 12.1. The molecule has 0 aliphatic carbocycles. The smallest absolute Gasteiger partial charge is 0.378 e. The number of hydrogen-bond donors (Lipinski definition) is 3. The Morgan fingerprint density at radius 3 is 2.52 bits per heavy atom. The van der Waals surface area contributed by atoms with Crippen molar-refractivity contribution in [3.63, 3.8) is 0 Å². The zero-order valence-electron chi connectivity index (χ0n) is 12.1. The molecule has 1 aromatic carbocycles. The molecule has 1 fully saturated rings. The molecule has 0 radical (unpaired) electrons. The van der Waals surface area contributed by atoms with E-state index in [2.05, 4.69) is 10.6 Å². The normalized spacial score (nSPS) is 18.3. The molecule has 0 saturated carbocycles. The molecule has 2 rings (SSSR count). The Labute approximate surface area is 130 Å². The maximum absolute atomic E-state index is 12.0. The van der Waals surface area contributed by atoms with E-state index in [1.807, 2.05) is 0 Å². The van der Waals surface area contributed by atoms with Crippen LogP contribution in [0.15, 0.2) is 24.3 Å². The van der Waals surface area contributed by atoms with Crippen LogP contribution in [0.2, 0.25) is 0 Å². The number of hydrogen-bond acceptors (Lipinski definition) is 4. The van der Waals surface area contributed by atoms with Gasteiger partial charge in [-0.25, -0.2) is 0 Å². The van der Waals surface area contributed by atoms with Gasteiger partial charge in [0.2, 0.25) is 5.91 Å². The molecule has 1 aromatic rings. The first kappa shape index (κ1) is 17.2. The van der Waals surface area contributed by atoms with Crippen LogP contribution in [0.5, 0.6) is 0 Å². The molecule has 23 heavy (non-hydrogen) atoms. The number of nitrogens with one attached hydrogen (secondary N) is 3. The van der Waals surface area contributed by atoms with Gasteiger partial charge in [-0.1, -0.05) is 0 Å². The number of halogens is 3. The minimum Gasteiger partial charge on any atom is -0.378 e. The highest BCUT2D eigenvalue weighted by molar-refractivity contribution is 5.97. The van der Waals surface area contributed by atoms with Crippen molar-refractivity contribution in [3.05, 3.63) is 29.8 Å². The van der Waals surface area contributed by atoms with Crippen molar-refractivity contribution in [2.24, 2.45) is 0 Å². The van der Waals surface area contributed by atoms with Gasteiger partial charge in [-0.15, -0.1) is 0 Å². The van der Waals surface area contributed by atoms with Gasteiger partial charge >= 0.3 is 6.18 Å². The Hall–Kier alpha value is -2.13. The van der Waals surface area contributed by atoms with Crippen LogP contribution in [0.25, 0.3) is 0 Å². The van der Waals surface area contributed by atoms with Crippen LogP contribution in [0.1, 0.15) is 10.4 Å². The molecule has 0 bridgehead atoms. The van der Waals surface area contributed by atoms with Crippen LogP contribution in [-0.4, -0.2) is 50.3 Å². The summed E-state index contributed by atoms with van der Waals surface area (Å²) in [5, 5.41) is 7.41. The summed E-state index contributed by atoms with van der Waals surface area (Å²) in [5.74, 6) is -1.11. The zero-order chi connectivity index (χ0) is 16.9. The number of alkyl halides is 3. The van der Waals surface area contributed by atoms with Crippen molar-refractivity contribution >= 4 is 17.5 Å². The summed E-state index contributed by atoms with van der Waals surface area (Å²) in [4.78, 5) is 23.5. The molecule has 1 aliphatic heterocycles. The fourth-order valence-electron chi connectivity index (χ4n) is 1.95. The lowest BCUT2D eigenvalue weighted by Gasteiger charge is -2.22. The van der Waals surface area contributed by atoms with Gasteiger partial charge < -0.3 is 20.7 Å². The molecular formula is C14H16F3N3O3. The van der Waals surface area contributed by atoms with Crippen molar-refractivity contribution in [1.29, 1.82) is 0 Å². The van der Waals surface area contributed by atoms with E-state index in [1.54, 1.807) is 5.32 Å². The molecule has 0 aromatic heterocycles. The lowest BCUT2D eigenvalue weighted by molar-refractivity contribution is -0.123. The minimum absolute atomic E-state index is 0.0753. The van der Waals surface area contributed by atoms with Crippen LogP contribution in [0, 0.1) is 0 Å². The van der Waals surface area contributed by atoms with E-state index in [9.17, 15) is 22.8 Å². The summed E-state index contributed by atoms with van der Waals surface area (Å²) < 4.78 is 41.3. The average Bonchev–Trinajstić information content (AvgIpc) is 2.53. The highest BCUT2D eigenvalue weighted by atomic mass is 19.4. The molecule has 1 heterocycles. The van der Waals surface area contributed by atoms with E-state index < -0.39 is 24.7 Å². The van der Waals surface area contributed by atoms with E-state index in [-0.39, 0.29) is 18.1 Å². The van der Waals surface area contributed by atoms with Gasteiger partial charge in [-0.2, -0.15) is 13.2 Å².